The van der Waals surface area contributed by atoms with E-state index in [4.69, 9.17) is 19.7 Å². The normalized spacial score (nSPS) is 32.9. The Labute approximate surface area is 98.6 Å². The highest BCUT2D eigenvalue weighted by Gasteiger charge is 2.43. The van der Waals surface area contributed by atoms with Crippen LogP contribution in [0.3, 0.4) is 0 Å². The number of benzene rings is 1. The van der Waals surface area contributed by atoms with Crippen molar-refractivity contribution in [2.24, 2.45) is 0 Å². The summed E-state index contributed by atoms with van der Waals surface area (Å²) in [6.45, 7) is 0.351. The Morgan fingerprint density at radius 1 is 1.24 bits per heavy atom. The van der Waals surface area contributed by atoms with E-state index in [2.05, 4.69) is 0 Å². The van der Waals surface area contributed by atoms with Crippen LogP contribution in [0.5, 0.6) is 0 Å². The molecule has 4 atom stereocenters. The summed E-state index contributed by atoms with van der Waals surface area (Å²) >= 11 is 0. The minimum absolute atomic E-state index is 0.00415. The Balaban J connectivity index is 1.76. The number of hydrogen-bond donors (Lipinski definition) is 2. The third kappa shape index (κ3) is 3.01. The molecule has 1 aromatic carbocycles. The second-order valence-electron chi connectivity index (χ2n) is 4.00. The summed E-state index contributed by atoms with van der Waals surface area (Å²) in [5.74, 6) is 0. The molecular weight excluding hydrogens is 227 g/mol. The molecule has 1 fully saturated rings. The highest BCUT2D eigenvalue weighted by molar-refractivity contribution is 5.13. The van der Waals surface area contributed by atoms with Crippen LogP contribution in [0.1, 0.15) is 5.56 Å². The minimum Gasteiger partial charge on any atom is -0.385 e. The molecule has 1 aliphatic heterocycles. The number of alkyl halides is 1. The predicted molar refractivity (Wildman–Crippen MR) is 57.9 cm³/mol. The van der Waals surface area contributed by atoms with Gasteiger partial charge in [-0.05, 0) is 5.56 Å². The van der Waals surface area contributed by atoms with Gasteiger partial charge < -0.3 is 19.7 Å². The quantitative estimate of drug-likeness (QED) is 0.812. The number of hydrogen-bond acceptors (Lipinski definition) is 4. The fourth-order valence-corrected chi connectivity index (χ4v) is 1.71. The second kappa shape index (κ2) is 5.55. The Kier molecular flexibility index (Phi) is 4.06. The van der Waals surface area contributed by atoms with Crippen molar-refractivity contribution in [3.05, 3.63) is 35.9 Å². The fraction of sp³-hybridized carbons (Fsp3) is 0.500. The first kappa shape index (κ1) is 12.4. The molecule has 0 aliphatic carbocycles. The summed E-state index contributed by atoms with van der Waals surface area (Å²) in [5, 5.41) is 18.2. The molecule has 0 amide bonds. The summed E-state index contributed by atoms with van der Waals surface area (Å²) in [7, 11) is 0. The van der Waals surface area contributed by atoms with Crippen molar-refractivity contribution in [1.82, 2.24) is 0 Å². The van der Waals surface area contributed by atoms with Crippen LogP contribution < -0.4 is 0 Å². The third-order valence-corrected chi connectivity index (χ3v) is 2.68. The van der Waals surface area contributed by atoms with E-state index in [9.17, 15) is 4.39 Å². The van der Waals surface area contributed by atoms with Gasteiger partial charge in [0.1, 0.15) is 12.2 Å². The zero-order chi connectivity index (χ0) is 12.3. The summed E-state index contributed by atoms with van der Waals surface area (Å²) in [6.07, 6.45) is -5.47. The van der Waals surface area contributed by atoms with Crippen LogP contribution in [0, 0.1) is 0 Å². The van der Waals surface area contributed by atoms with E-state index in [1.54, 1.807) is 0 Å². The molecule has 94 valence electrons. The number of rotatable bonds is 4. The zero-order valence-corrected chi connectivity index (χ0v) is 9.20. The molecule has 0 bridgehead atoms. The van der Waals surface area contributed by atoms with E-state index in [-0.39, 0.29) is 6.61 Å². The lowest BCUT2D eigenvalue weighted by Crippen LogP contribution is -2.30. The van der Waals surface area contributed by atoms with Gasteiger partial charge in [-0.3, -0.25) is 0 Å². The first-order valence-electron chi connectivity index (χ1n) is 5.46. The highest BCUT2D eigenvalue weighted by Crippen LogP contribution is 2.22. The summed E-state index contributed by atoms with van der Waals surface area (Å²) < 4.78 is 23.5. The molecule has 2 rings (SSSR count). The van der Waals surface area contributed by atoms with Gasteiger partial charge in [-0.25, -0.2) is 4.39 Å². The van der Waals surface area contributed by atoms with Crippen LogP contribution in [0.4, 0.5) is 4.39 Å². The van der Waals surface area contributed by atoms with Crippen LogP contribution in [0.25, 0.3) is 0 Å². The van der Waals surface area contributed by atoms with Crippen LogP contribution >= 0.6 is 0 Å². The van der Waals surface area contributed by atoms with Gasteiger partial charge >= 0.3 is 0 Å². The lowest BCUT2D eigenvalue weighted by molar-refractivity contribution is -0.137. The van der Waals surface area contributed by atoms with Crippen molar-refractivity contribution in [3.63, 3.8) is 0 Å². The van der Waals surface area contributed by atoms with Crippen molar-refractivity contribution in [2.75, 3.05) is 6.61 Å². The van der Waals surface area contributed by atoms with Crippen molar-refractivity contribution in [1.29, 1.82) is 0 Å². The van der Waals surface area contributed by atoms with Gasteiger partial charge in [0.2, 0.25) is 0 Å². The Morgan fingerprint density at radius 2 is 1.94 bits per heavy atom. The van der Waals surface area contributed by atoms with Crippen LogP contribution in [-0.4, -0.2) is 41.5 Å². The molecule has 4 nitrogen and oxygen atoms in total. The molecular formula is C12H15FO4. The molecule has 1 aromatic rings. The molecule has 0 saturated carbocycles. The molecule has 5 heteroatoms. The van der Waals surface area contributed by atoms with Gasteiger partial charge in [-0.15, -0.1) is 0 Å². The summed E-state index contributed by atoms with van der Waals surface area (Å²) in [5.41, 5.74) is 0.974. The molecule has 0 spiro atoms. The van der Waals surface area contributed by atoms with Gasteiger partial charge in [-0.1, -0.05) is 30.3 Å². The van der Waals surface area contributed by atoms with E-state index in [0.717, 1.165) is 5.56 Å². The first-order chi connectivity index (χ1) is 8.18. The average molecular weight is 242 g/mol. The second-order valence-corrected chi connectivity index (χ2v) is 4.00. The molecule has 1 heterocycles. The predicted octanol–water partition coefficient (Wildman–Crippen LogP) is 0.619. The van der Waals surface area contributed by atoms with Crippen LogP contribution in [0.2, 0.25) is 0 Å². The summed E-state index contributed by atoms with van der Waals surface area (Å²) in [6, 6.07) is 9.46. The third-order valence-electron chi connectivity index (χ3n) is 2.68. The molecule has 17 heavy (non-hydrogen) atoms. The lowest BCUT2D eigenvalue weighted by Gasteiger charge is -2.12. The van der Waals surface area contributed by atoms with Gasteiger partial charge in [0.15, 0.2) is 12.5 Å². The Bertz CT molecular complexity index is 346. The molecule has 1 saturated heterocycles. The smallest absolute Gasteiger partial charge is 0.184 e. The maximum atomic E-state index is 13.3. The number of aliphatic hydroxyl groups is 2. The largest absolute Gasteiger partial charge is 0.385 e. The average Bonchev–Trinajstić information content (AvgIpc) is 2.59. The van der Waals surface area contributed by atoms with Gasteiger partial charge in [0, 0.05) is 0 Å². The van der Waals surface area contributed by atoms with Crippen LogP contribution in [0.15, 0.2) is 30.3 Å². The number of ether oxygens (including phenoxy) is 2. The van der Waals surface area contributed by atoms with E-state index in [1.807, 2.05) is 30.3 Å². The standard InChI is InChI=1S/C12H15FO4/c13-10-9(17-12(15)11(10)14)7-16-6-8-4-2-1-3-5-8/h1-5,9-12,14-15H,6-7H2/t9-,10+,11-,12+/m1/s1. The van der Waals surface area contributed by atoms with E-state index >= 15 is 0 Å². The fourth-order valence-electron chi connectivity index (χ4n) is 1.71. The molecule has 2 N–H and O–H groups in total. The molecule has 0 aromatic heterocycles. The Hall–Kier alpha value is -1.01. The Morgan fingerprint density at radius 3 is 2.53 bits per heavy atom. The molecule has 0 radical (unpaired) electrons. The highest BCUT2D eigenvalue weighted by atomic mass is 19.1. The minimum atomic E-state index is -1.61. The SMILES string of the molecule is O[C@@H]1[C@@H](F)[C@@H](COCc2ccccc2)O[C@@H]1O. The molecule has 1 aliphatic rings. The monoisotopic (exact) mass is 242 g/mol. The lowest BCUT2D eigenvalue weighted by atomic mass is 10.2. The topological polar surface area (TPSA) is 58.9 Å². The maximum Gasteiger partial charge on any atom is 0.184 e. The van der Waals surface area contributed by atoms with Crippen molar-refractivity contribution >= 4 is 0 Å². The number of halogens is 1. The first-order valence-corrected chi connectivity index (χ1v) is 5.46. The summed E-state index contributed by atoms with van der Waals surface area (Å²) in [4.78, 5) is 0. The molecule has 0 unspecified atom stereocenters. The van der Waals surface area contributed by atoms with Gasteiger partial charge in [0.25, 0.3) is 0 Å². The van der Waals surface area contributed by atoms with E-state index < -0.39 is 24.7 Å². The van der Waals surface area contributed by atoms with Crippen molar-refractivity contribution in [3.8, 4) is 0 Å². The zero-order valence-electron chi connectivity index (χ0n) is 9.20. The maximum absolute atomic E-state index is 13.3. The van der Waals surface area contributed by atoms with Crippen LogP contribution in [-0.2, 0) is 16.1 Å². The van der Waals surface area contributed by atoms with Crippen molar-refractivity contribution < 1.29 is 24.1 Å². The number of aliphatic hydroxyl groups excluding tert-OH is 2. The van der Waals surface area contributed by atoms with Gasteiger partial charge in [-0.2, -0.15) is 0 Å². The van der Waals surface area contributed by atoms with E-state index in [0.29, 0.717) is 6.61 Å². The van der Waals surface area contributed by atoms with Gasteiger partial charge in [0.05, 0.1) is 13.2 Å². The van der Waals surface area contributed by atoms with E-state index in [1.165, 1.54) is 0 Å². The van der Waals surface area contributed by atoms with Crippen molar-refractivity contribution in [2.45, 2.75) is 31.3 Å².